The molecular formula is C33H39N7O5S. The number of carbonyl (C=O) groups is 4. The second-order valence-electron chi connectivity index (χ2n) is 11.9. The molecule has 3 aromatic rings. The van der Waals surface area contributed by atoms with E-state index in [1.807, 2.05) is 47.9 Å². The van der Waals surface area contributed by atoms with Gasteiger partial charge in [-0.05, 0) is 75.4 Å². The van der Waals surface area contributed by atoms with Crippen molar-refractivity contribution < 1.29 is 23.6 Å². The van der Waals surface area contributed by atoms with Crippen molar-refractivity contribution in [3.63, 3.8) is 0 Å². The number of thioether (sulfide) groups is 1. The number of pyridine rings is 1. The van der Waals surface area contributed by atoms with Gasteiger partial charge in [-0.3, -0.25) is 29.5 Å². The Bertz CT molecular complexity index is 1630. The fourth-order valence-electron chi connectivity index (χ4n) is 6.00. The first-order chi connectivity index (χ1) is 22.3. The van der Waals surface area contributed by atoms with Gasteiger partial charge in [0, 0.05) is 61.5 Å². The zero-order valence-electron chi connectivity index (χ0n) is 26.0. The first-order valence-electron chi connectivity index (χ1n) is 15.9. The van der Waals surface area contributed by atoms with Crippen LogP contribution in [0.15, 0.2) is 52.0 Å². The van der Waals surface area contributed by atoms with E-state index in [-0.39, 0.29) is 41.5 Å². The Kier molecular flexibility index (Phi) is 9.86. The lowest BCUT2D eigenvalue weighted by atomic mass is 10.1. The lowest BCUT2D eigenvalue weighted by molar-refractivity contribution is -0.140. The van der Waals surface area contributed by atoms with Gasteiger partial charge in [0.1, 0.15) is 23.1 Å². The Morgan fingerprint density at radius 1 is 0.978 bits per heavy atom. The number of benzene rings is 1. The fraction of sp³-hybridized carbons (Fsp3) is 0.455. The summed E-state index contributed by atoms with van der Waals surface area (Å²) in [5.41, 5.74) is 1.90. The molecule has 0 bridgehead atoms. The maximum Gasteiger partial charge on any atom is 0.272 e. The Hall–Kier alpha value is -4.39. The van der Waals surface area contributed by atoms with E-state index in [4.69, 9.17) is 9.41 Å². The first kappa shape index (κ1) is 31.6. The molecule has 46 heavy (non-hydrogen) atoms. The van der Waals surface area contributed by atoms with E-state index in [2.05, 4.69) is 15.6 Å². The van der Waals surface area contributed by atoms with Gasteiger partial charge in [-0.15, -0.1) is 0 Å². The summed E-state index contributed by atoms with van der Waals surface area (Å²) in [6.07, 6.45) is 5.35. The van der Waals surface area contributed by atoms with Gasteiger partial charge in [0.25, 0.3) is 11.8 Å². The number of anilines is 1. The number of aliphatic imine (C=N–C) groups is 1. The molecule has 1 aromatic carbocycles. The van der Waals surface area contributed by atoms with Crippen molar-refractivity contribution >= 4 is 58.0 Å². The Labute approximate surface area is 272 Å². The highest BCUT2D eigenvalue weighted by Gasteiger charge is 2.31. The van der Waals surface area contributed by atoms with Gasteiger partial charge < -0.3 is 24.4 Å². The predicted molar refractivity (Wildman–Crippen MR) is 177 cm³/mol. The molecule has 0 radical (unpaired) electrons. The molecule has 2 aromatic heterocycles. The van der Waals surface area contributed by atoms with Crippen LogP contribution >= 0.6 is 11.8 Å². The van der Waals surface area contributed by atoms with E-state index in [9.17, 15) is 19.2 Å². The van der Waals surface area contributed by atoms with Gasteiger partial charge in [-0.1, -0.05) is 0 Å². The molecule has 2 N–H and O–H groups in total. The molecule has 4 amide bonds. The number of nitrogens with one attached hydrogen (secondary N) is 2. The van der Waals surface area contributed by atoms with Crippen LogP contribution in [0.25, 0.3) is 11.0 Å². The van der Waals surface area contributed by atoms with E-state index in [0.717, 1.165) is 67.0 Å². The highest BCUT2D eigenvalue weighted by molar-refractivity contribution is 7.99. The molecule has 6 rings (SSSR count). The van der Waals surface area contributed by atoms with Gasteiger partial charge in [0.2, 0.25) is 17.8 Å². The van der Waals surface area contributed by atoms with E-state index in [0.29, 0.717) is 31.7 Å². The summed E-state index contributed by atoms with van der Waals surface area (Å²) < 4.78 is 5.70. The maximum absolute atomic E-state index is 13.7. The zero-order chi connectivity index (χ0) is 32.0. The standard InChI is InChI=1S/C33H39N7O5S/c1-22-18-24-19-25(8-10-28(24)45-22)35-33(36-27-6-2-3-13-40(32(27)44)21-29(41)38-11-4-5-12-38)37-30(42)23-7-9-26(34-20-23)31(43)39-14-16-46-17-15-39/h7-10,18-20,27H,2-6,11-17,21H2,1H3,(H2,35,36,37,42)/t27-/m0/s1. The lowest BCUT2D eigenvalue weighted by Gasteiger charge is -2.26. The first-order valence-corrected chi connectivity index (χ1v) is 17.1. The van der Waals surface area contributed by atoms with Gasteiger partial charge in [-0.2, -0.15) is 11.8 Å². The van der Waals surface area contributed by atoms with Crippen molar-refractivity contribution in [2.24, 2.45) is 4.99 Å². The van der Waals surface area contributed by atoms with Gasteiger partial charge >= 0.3 is 0 Å². The molecule has 0 saturated carbocycles. The zero-order valence-corrected chi connectivity index (χ0v) is 26.8. The predicted octanol–water partition coefficient (Wildman–Crippen LogP) is 3.53. The van der Waals surface area contributed by atoms with Crippen LogP contribution in [0.2, 0.25) is 0 Å². The number of likely N-dealkylation sites (tertiary alicyclic amines) is 2. The van der Waals surface area contributed by atoms with Crippen molar-refractivity contribution in [3.05, 3.63) is 59.6 Å². The molecule has 0 aliphatic carbocycles. The van der Waals surface area contributed by atoms with Crippen LogP contribution in [0.1, 0.15) is 58.7 Å². The highest BCUT2D eigenvalue weighted by atomic mass is 32.2. The molecule has 5 heterocycles. The smallest absolute Gasteiger partial charge is 0.272 e. The number of nitrogens with zero attached hydrogens (tertiary/aromatic N) is 5. The molecule has 0 unspecified atom stereocenters. The summed E-state index contributed by atoms with van der Waals surface area (Å²) in [6.45, 7) is 5.19. The fourth-order valence-corrected chi connectivity index (χ4v) is 6.90. The van der Waals surface area contributed by atoms with Crippen LogP contribution < -0.4 is 10.6 Å². The maximum atomic E-state index is 13.7. The normalized spacial score (nSPS) is 19.3. The van der Waals surface area contributed by atoms with Crippen molar-refractivity contribution in [1.29, 1.82) is 0 Å². The minimum absolute atomic E-state index is 0.0312. The van der Waals surface area contributed by atoms with Gasteiger partial charge in [0.15, 0.2) is 0 Å². The van der Waals surface area contributed by atoms with Crippen LogP contribution in [0.3, 0.4) is 0 Å². The Balaban J connectivity index is 1.22. The average Bonchev–Trinajstić information content (AvgIpc) is 3.71. The van der Waals surface area contributed by atoms with Crippen LogP contribution in [0.5, 0.6) is 0 Å². The van der Waals surface area contributed by atoms with E-state index in [1.165, 1.54) is 6.20 Å². The summed E-state index contributed by atoms with van der Waals surface area (Å²) in [5, 5.41) is 6.89. The van der Waals surface area contributed by atoms with Crippen molar-refractivity contribution in [2.45, 2.75) is 45.1 Å². The van der Waals surface area contributed by atoms with Gasteiger partial charge in [-0.25, -0.2) is 4.99 Å². The van der Waals surface area contributed by atoms with E-state index in [1.54, 1.807) is 21.9 Å². The van der Waals surface area contributed by atoms with Crippen LogP contribution in [-0.2, 0) is 9.59 Å². The number of guanidine groups is 1. The van der Waals surface area contributed by atoms with Crippen molar-refractivity contribution in [1.82, 2.24) is 25.0 Å². The molecule has 3 fully saturated rings. The highest BCUT2D eigenvalue weighted by Crippen LogP contribution is 2.23. The van der Waals surface area contributed by atoms with Crippen LogP contribution in [-0.4, -0.2) is 106 Å². The Morgan fingerprint density at radius 3 is 2.52 bits per heavy atom. The number of carbonyl (C=O) groups excluding carboxylic acids is 4. The minimum atomic E-state index is -0.780. The monoisotopic (exact) mass is 645 g/mol. The number of hydrogen-bond donors (Lipinski definition) is 2. The minimum Gasteiger partial charge on any atom is -0.461 e. The van der Waals surface area contributed by atoms with Crippen LogP contribution in [0.4, 0.5) is 5.69 Å². The summed E-state index contributed by atoms with van der Waals surface area (Å²) in [5.74, 6) is 1.74. The number of furan rings is 1. The number of aromatic nitrogens is 1. The Morgan fingerprint density at radius 2 is 1.76 bits per heavy atom. The third kappa shape index (κ3) is 7.52. The third-order valence-corrected chi connectivity index (χ3v) is 9.44. The number of aryl methyl sites for hydroxylation is 1. The third-order valence-electron chi connectivity index (χ3n) is 8.50. The molecule has 1 atom stereocenters. The topological polar surface area (TPSA) is 140 Å². The van der Waals surface area contributed by atoms with Crippen molar-refractivity contribution in [2.75, 3.05) is 56.1 Å². The van der Waals surface area contributed by atoms with Gasteiger partial charge in [0.05, 0.1) is 12.1 Å². The summed E-state index contributed by atoms with van der Waals surface area (Å²) in [4.78, 5) is 67.1. The number of rotatable bonds is 6. The quantitative estimate of drug-likeness (QED) is 0.307. The average molecular weight is 646 g/mol. The van der Waals surface area contributed by atoms with E-state index >= 15 is 0 Å². The lowest BCUT2D eigenvalue weighted by Crippen LogP contribution is -2.45. The summed E-state index contributed by atoms with van der Waals surface area (Å²) in [6, 6.07) is 9.77. The number of amides is 4. The summed E-state index contributed by atoms with van der Waals surface area (Å²) in [7, 11) is 0. The number of fused-ring (bicyclic) bond motifs is 1. The SMILES string of the molecule is Cc1cc2cc(NC(=N[C@H]3CCCCN(CC(=O)N4CCCC4)C3=O)NC(=O)c3ccc(C(=O)N4CCSCC4)nc3)ccc2o1. The molecule has 3 aliphatic heterocycles. The molecular weight excluding hydrogens is 606 g/mol. The van der Waals surface area contributed by atoms with Crippen LogP contribution in [0, 0.1) is 6.92 Å². The second kappa shape index (κ2) is 14.4. The number of hydrogen-bond acceptors (Lipinski definition) is 8. The largest absolute Gasteiger partial charge is 0.461 e. The van der Waals surface area contributed by atoms with E-state index < -0.39 is 11.9 Å². The summed E-state index contributed by atoms with van der Waals surface area (Å²) >= 11 is 1.82. The van der Waals surface area contributed by atoms with Crippen molar-refractivity contribution in [3.8, 4) is 0 Å². The molecule has 12 nitrogen and oxygen atoms in total. The molecule has 242 valence electrons. The second-order valence-corrected chi connectivity index (χ2v) is 13.1. The molecule has 3 aliphatic rings. The molecule has 3 saturated heterocycles. The molecule has 0 spiro atoms. The molecule has 13 heteroatoms.